The highest BCUT2D eigenvalue weighted by Crippen LogP contribution is 2.31. The summed E-state index contributed by atoms with van der Waals surface area (Å²) in [6.45, 7) is 10.6. The average molecular weight is 327 g/mol. The van der Waals surface area contributed by atoms with Gasteiger partial charge in [-0.1, -0.05) is 0 Å². The summed E-state index contributed by atoms with van der Waals surface area (Å²) in [4.78, 5) is 16.2. The van der Waals surface area contributed by atoms with Crippen molar-refractivity contribution < 1.29 is 9.47 Å². The van der Waals surface area contributed by atoms with Crippen LogP contribution in [0.15, 0.2) is 17.1 Å². The van der Waals surface area contributed by atoms with E-state index >= 15 is 0 Å². The molecule has 0 spiro atoms. The molecule has 0 amide bonds. The monoisotopic (exact) mass is 327 g/mol. The third-order valence-corrected chi connectivity index (χ3v) is 4.06. The van der Waals surface area contributed by atoms with Crippen LogP contribution in [0.2, 0.25) is 0 Å². The van der Waals surface area contributed by atoms with Crippen LogP contribution in [0.5, 0.6) is 0 Å². The summed E-state index contributed by atoms with van der Waals surface area (Å²) in [6, 6.07) is 2.04. The molecule has 2 rings (SSSR count). The van der Waals surface area contributed by atoms with Gasteiger partial charge in [0.15, 0.2) is 0 Å². The van der Waals surface area contributed by atoms with Crippen molar-refractivity contribution >= 4 is 17.6 Å². The van der Waals surface area contributed by atoms with E-state index in [1.54, 1.807) is 24.0 Å². The van der Waals surface area contributed by atoms with Crippen molar-refractivity contribution in [2.75, 3.05) is 17.7 Å². The highest BCUT2D eigenvalue weighted by atomic mass is 32.2. The molecule has 2 atom stereocenters. The lowest BCUT2D eigenvalue weighted by Crippen LogP contribution is -2.30. The molecule has 1 aromatic heterocycles. The van der Waals surface area contributed by atoms with Crippen LogP contribution < -0.4 is 11.0 Å². The van der Waals surface area contributed by atoms with Gasteiger partial charge < -0.3 is 14.8 Å². The first kappa shape index (κ1) is 17.3. The maximum absolute atomic E-state index is 12.1. The minimum Gasteiger partial charge on any atom is -0.372 e. The number of nitrogens with zero attached hydrogens (tertiary/aromatic N) is 2. The number of anilines is 1. The molecule has 0 aliphatic carbocycles. The van der Waals surface area contributed by atoms with Crippen molar-refractivity contribution in [2.45, 2.75) is 57.9 Å². The Bertz CT molecular complexity index is 554. The molecule has 1 aliphatic rings. The number of hydrogen-bond acceptors (Lipinski definition) is 6. The van der Waals surface area contributed by atoms with Crippen LogP contribution in [0.3, 0.4) is 0 Å². The Morgan fingerprint density at radius 1 is 1.55 bits per heavy atom. The molecule has 124 valence electrons. The SMILES string of the molecule is CC(C)Nc1ccn([C@@H]2CS[C@H](COC(C)(C)C)O2)c(=O)n1. The van der Waals surface area contributed by atoms with Gasteiger partial charge in [0.2, 0.25) is 0 Å². The number of thioether (sulfide) groups is 1. The summed E-state index contributed by atoms with van der Waals surface area (Å²) >= 11 is 1.66. The molecule has 6 nitrogen and oxygen atoms in total. The molecule has 2 heterocycles. The molecule has 1 saturated heterocycles. The van der Waals surface area contributed by atoms with Crippen LogP contribution in [0.1, 0.15) is 40.8 Å². The second-order valence-corrected chi connectivity index (χ2v) is 7.77. The second-order valence-electron chi connectivity index (χ2n) is 6.58. The molecule has 0 bridgehead atoms. The minimum absolute atomic E-state index is 0.0513. The summed E-state index contributed by atoms with van der Waals surface area (Å²) in [5, 5.41) is 3.12. The van der Waals surface area contributed by atoms with E-state index in [-0.39, 0.29) is 29.0 Å². The quantitative estimate of drug-likeness (QED) is 0.896. The van der Waals surface area contributed by atoms with E-state index in [4.69, 9.17) is 9.47 Å². The molecule has 1 fully saturated rings. The predicted octanol–water partition coefficient (Wildman–Crippen LogP) is 2.47. The largest absolute Gasteiger partial charge is 0.372 e. The highest BCUT2D eigenvalue weighted by Gasteiger charge is 2.29. The van der Waals surface area contributed by atoms with Crippen molar-refractivity contribution in [1.82, 2.24) is 9.55 Å². The molecular weight excluding hydrogens is 302 g/mol. The zero-order valence-electron chi connectivity index (χ0n) is 13.8. The van der Waals surface area contributed by atoms with Gasteiger partial charge in [-0.25, -0.2) is 4.79 Å². The third kappa shape index (κ3) is 5.00. The molecule has 0 unspecified atom stereocenters. The van der Waals surface area contributed by atoms with Gasteiger partial charge in [0, 0.05) is 18.0 Å². The molecule has 0 saturated carbocycles. The molecule has 1 N–H and O–H groups in total. The summed E-state index contributed by atoms with van der Waals surface area (Å²) in [7, 11) is 0. The maximum atomic E-state index is 12.1. The van der Waals surface area contributed by atoms with Gasteiger partial charge in [-0.2, -0.15) is 4.98 Å². The molecule has 22 heavy (non-hydrogen) atoms. The van der Waals surface area contributed by atoms with Gasteiger partial charge in [0.1, 0.15) is 17.5 Å². The first-order valence-electron chi connectivity index (χ1n) is 7.51. The van der Waals surface area contributed by atoms with Crippen molar-refractivity contribution in [3.63, 3.8) is 0 Å². The zero-order chi connectivity index (χ0) is 16.3. The van der Waals surface area contributed by atoms with Crippen molar-refractivity contribution in [3.05, 3.63) is 22.7 Å². The summed E-state index contributed by atoms with van der Waals surface area (Å²) in [6.07, 6.45) is 1.45. The molecule has 0 radical (unpaired) electrons. The fourth-order valence-corrected chi connectivity index (χ4v) is 2.99. The smallest absolute Gasteiger partial charge is 0.351 e. The molecule has 1 aliphatic heterocycles. The Balaban J connectivity index is 1.97. The minimum atomic E-state index is -0.298. The van der Waals surface area contributed by atoms with Gasteiger partial charge in [-0.15, -0.1) is 11.8 Å². The Morgan fingerprint density at radius 2 is 2.27 bits per heavy atom. The predicted molar refractivity (Wildman–Crippen MR) is 89.3 cm³/mol. The van der Waals surface area contributed by atoms with Crippen LogP contribution in [-0.2, 0) is 9.47 Å². The summed E-state index contributed by atoms with van der Waals surface area (Å²) in [5.74, 6) is 1.31. The van der Waals surface area contributed by atoms with Gasteiger partial charge >= 0.3 is 5.69 Å². The van der Waals surface area contributed by atoms with Gasteiger partial charge in [-0.05, 0) is 40.7 Å². The normalized spacial score (nSPS) is 22.3. The summed E-state index contributed by atoms with van der Waals surface area (Å²) < 4.78 is 13.2. The average Bonchev–Trinajstić information content (AvgIpc) is 2.83. The fourth-order valence-electron chi connectivity index (χ4n) is 2.00. The Hall–Kier alpha value is -1.05. The molecule has 0 aromatic carbocycles. The van der Waals surface area contributed by atoms with Crippen LogP contribution in [0, 0.1) is 0 Å². The van der Waals surface area contributed by atoms with E-state index in [1.165, 1.54) is 4.57 Å². The van der Waals surface area contributed by atoms with E-state index in [9.17, 15) is 4.79 Å². The van der Waals surface area contributed by atoms with E-state index in [1.807, 2.05) is 34.6 Å². The number of hydrogen-bond donors (Lipinski definition) is 1. The maximum Gasteiger partial charge on any atom is 0.351 e. The molecule has 7 heteroatoms. The van der Waals surface area contributed by atoms with E-state index < -0.39 is 0 Å². The van der Waals surface area contributed by atoms with E-state index in [0.717, 1.165) is 5.75 Å². The Kier molecular flexibility index (Phi) is 5.52. The van der Waals surface area contributed by atoms with Crippen LogP contribution in [0.4, 0.5) is 5.82 Å². The van der Waals surface area contributed by atoms with Crippen LogP contribution in [-0.4, -0.2) is 39.0 Å². The fraction of sp³-hybridized carbons (Fsp3) is 0.733. The number of ether oxygens (including phenoxy) is 2. The number of nitrogens with one attached hydrogen (secondary N) is 1. The first-order chi connectivity index (χ1) is 10.2. The standard InChI is InChI=1S/C15H25N3O3S/c1-10(2)16-11-6-7-18(14(19)17-11)12-9-22-13(21-12)8-20-15(3,4)5/h6-7,10,12-13H,8-9H2,1-5H3,(H,16,17,19)/t12-,13+/m0/s1. The number of aromatic nitrogens is 2. The van der Waals surface area contributed by atoms with Gasteiger partial charge in [0.25, 0.3) is 0 Å². The third-order valence-electron chi connectivity index (χ3n) is 2.96. The van der Waals surface area contributed by atoms with Crippen LogP contribution >= 0.6 is 11.8 Å². The Labute approximate surface area is 135 Å². The van der Waals surface area contributed by atoms with Crippen molar-refractivity contribution in [1.29, 1.82) is 0 Å². The zero-order valence-corrected chi connectivity index (χ0v) is 14.6. The molecule has 1 aromatic rings. The van der Waals surface area contributed by atoms with E-state index in [2.05, 4.69) is 10.3 Å². The lowest BCUT2D eigenvalue weighted by Gasteiger charge is -2.22. The lowest BCUT2D eigenvalue weighted by atomic mass is 10.2. The van der Waals surface area contributed by atoms with Gasteiger partial charge in [0.05, 0.1) is 12.2 Å². The lowest BCUT2D eigenvalue weighted by molar-refractivity contribution is -0.0684. The number of rotatable bonds is 5. The summed E-state index contributed by atoms with van der Waals surface area (Å²) in [5.41, 5.74) is -0.539. The van der Waals surface area contributed by atoms with Crippen molar-refractivity contribution in [3.8, 4) is 0 Å². The van der Waals surface area contributed by atoms with E-state index in [0.29, 0.717) is 12.4 Å². The Morgan fingerprint density at radius 3 is 2.86 bits per heavy atom. The first-order valence-corrected chi connectivity index (χ1v) is 8.56. The van der Waals surface area contributed by atoms with Crippen LogP contribution in [0.25, 0.3) is 0 Å². The topological polar surface area (TPSA) is 65.4 Å². The second kappa shape index (κ2) is 7.02. The molecular formula is C15H25N3O3S. The highest BCUT2D eigenvalue weighted by molar-refractivity contribution is 8.00. The van der Waals surface area contributed by atoms with Crippen molar-refractivity contribution in [2.24, 2.45) is 0 Å². The van der Waals surface area contributed by atoms with Gasteiger partial charge in [-0.3, -0.25) is 4.57 Å².